The largest absolute Gasteiger partial charge is 0.497 e. The van der Waals surface area contributed by atoms with Crippen molar-refractivity contribution in [2.45, 2.75) is 26.1 Å². The summed E-state index contributed by atoms with van der Waals surface area (Å²) in [6.45, 7) is 2.84. The Bertz CT molecular complexity index is 1050. The van der Waals surface area contributed by atoms with Crippen LogP contribution in [0, 0.1) is 0 Å². The summed E-state index contributed by atoms with van der Waals surface area (Å²) >= 11 is 12.3. The van der Waals surface area contributed by atoms with Gasteiger partial charge in [-0.1, -0.05) is 29.3 Å². The van der Waals surface area contributed by atoms with Crippen LogP contribution in [0.1, 0.15) is 23.1 Å². The molecule has 1 aromatic carbocycles. The Labute approximate surface area is 171 Å². The van der Waals surface area contributed by atoms with Gasteiger partial charge in [-0.15, -0.1) is 10.2 Å². The van der Waals surface area contributed by atoms with E-state index in [1.807, 2.05) is 17.6 Å². The van der Waals surface area contributed by atoms with Crippen LogP contribution in [-0.4, -0.2) is 43.7 Å². The molecule has 3 heterocycles. The van der Waals surface area contributed by atoms with Crippen molar-refractivity contribution in [3.05, 3.63) is 58.0 Å². The molecule has 1 amide bonds. The van der Waals surface area contributed by atoms with Crippen LogP contribution in [0.4, 0.5) is 0 Å². The van der Waals surface area contributed by atoms with E-state index in [1.165, 1.54) is 0 Å². The van der Waals surface area contributed by atoms with E-state index in [-0.39, 0.29) is 17.0 Å². The molecule has 1 aliphatic heterocycles. The molecule has 0 N–H and O–H groups in total. The first-order valence-electron chi connectivity index (χ1n) is 8.67. The van der Waals surface area contributed by atoms with Crippen molar-refractivity contribution in [3.63, 3.8) is 0 Å². The summed E-state index contributed by atoms with van der Waals surface area (Å²) in [5, 5.41) is 9.17. The third-order valence-corrected chi connectivity index (χ3v) is 5.58. The molecule has 4 rings (SSSR count). The molecule has 9 heteroatoms. The first-order valence-corrected chi connectivity index (χ1v) is 9.42. The molecule has 7 nitrogen and oxygen atoms in total. The number of benzene rings is 1. The number of hydrogen-bond donors (Lipinski definition) is 0. The van der Waals surface area contributed by atoms with Gasteiger partial charge in [0, 0.05) is 24.8 Å². The number of ether oxygens (including phenoxy) is 1. The molecule has 0 bridgehead atoms. The quantitative estimate of drug-likeness (QED) is 0.650. The zero-order valence-corrected chi connectivity index (χ0v) is 16.8. The van der Waals surface area contributed by atoms with E-state index in [0.29, 0.717) is 46.8 Å². The van der Waals surface area contributed by atoms with Gasteiger partial charge in [0.25, 0.3) is 5.91 Å². The van der Waals surface area contributed by atoms with Gasteiger partial charge in [0.15, 0.2) is 11.6 Å². The number of pyridine rings is 1. The molecule has 0 saturated heterocycles. The third-order valence-electron chi connectivity index (χ3n) is 4.76. The minimum atomic E-state index is -0.185. The number of hydrogen-bond acceptors (Lipinski definition) is 5. The molecule has 3 aromatic rings. The highest BCUT2D eigenvalue weighted by molar-refractivity contribution is 6.43. The fraction of sp³-hybridized carbons (Fsp3) is 0.263. The maximum absolute atomic E-state index is 13.0. The molecule has 28 heavy (non-hydrogen) atoms. The van der Waals surface area contributed by atoms with Crippen LogP contribution in [0.2, 0.25) is 10.0 Å². The monoisotopic (exact) mass is 416 g/mol. The number of carbonyl (C=O) groups excluding carboxylic acids is 1. The molecular formula is C19H17Cl2N5O2. The van der Waals surface area contributed by atoms with Crippen molar-refractivity contribution < 1.29 is 9.53 Å². The average Bonchev–Trinajstić information content (AvgIpc) is 3.11. The van der Waals surface area contributed by atoms with Gasteiger partial charge in [-0.25, -0.2) is 0 Å². The van der Waals surface area contributed by atoms with E-state index in [0.717, 1.165) is 0 Å². The summed E-state index contributed by atoms with van der Waals surface area (Å²) in [6.07, 6.45) is 1.67. The molecule has 0 unspecified atom stereocenters. The summed E-state index contributed by atoms with van der Waals surface area (Å²) in [5.41, 5.74) is 1.05. The molecule has 0 fully saturated rings. The first kappa shape index (κ1) is 18.7. The van der Waals surface area contributed by atoms with Crippen LogP contribution in [-0.2, 0) is 13.1 Å². The summed E-state index contributed by atoms with van der Waals surface area (Å²) < 4.78 is 7.24. The number of nitrogens with zero attached hydrogens (tertiary/aromatic N) is 5. The lowest BCUT2D eigenvalue weighted by molar-refractivity contribution is 0.0612. The topological polar surface area (TPSA) is 73.1 Å². The summed E-state index contributed by atoms with van der Waals surface area (Å²) in [5.74, 6) is 1.84. The zero-order valence-electron chi connectivity index (χ0n) is 15.3. The highest BCUT2D eigenvalue weighted by atomic mass is 35.5. The second kappa shape index (κ2) is 7.41. The Morgan fingerprint density at radius 1 is 1.25 bits per heavy atom. The number of amides is 1. The van der Waals surface area contributed by atoms with E-state index in [1.54, 1.807) is 42.5 Å². The van der Waals surface area contributed by atoms with Crippen molar-refractivity contribution in [1.82, 2.24) is 24.6 Å². The summed E-state index contributed by atoms with van der Waals surface area (Å²) in [4.78, 5) is 19.1. The summed E-state index contributed by atoms with van der Waals surface area (Å²) in [6, 6.07) is 8.54. The number of methoxy groups -OCH3 is 1. The predicted octanol–water partition coefficient (Wildman–Crippen LogP) is 3.70. The number of fused-ring (bicyclic) bond motifs is 1. The molecule has 1 atom stereocenters. The van der Waals surface area contributed by atoms with Crippen molar-refractivity contribution in [2.24, 2.45) is 0 Å². The fourth-order valence-electron chi connectivity index (χ4n) is 3.26. The van der Waals surface area contributed by atoms with E-state index in [2.05, 4.69) is 15.2 Å². The molecule has 144 valence electrons. The predicted molar refractivity (Wildman–Crippen MR) is 106 cm³/mol. The molecule has 0 spiro atoms. The van der Waals surface area contributed by atoms with Gasteiger partial charge < -0.3 is 14.2 Å². The number of carbonyl (C=O) groups is 1. The summed E-state index contributed by atoms with van der Waals surface area (Å²) in [7, 11) is 1.60. The van der Waals surface area contributed by atoms with Crippen molar-refractivity contribution >= 4 is 29.1 Å². The lowest BCUT2D eigenvalue weighted by Gasteiger charge is -2.34. The molecule has 0 radical (unpaired) electrons. The van der Waals surface area contributed by atoms with Crippen LogP contribution in [0.25, 0.3) is 11.5 Å². The average molecular weight is 417 g/mol. The van der Waals surface area contributed by atoms with Crippen LogP contribution in [0.15, 0.2) is 36.5 Å². The Morgan fingerprint density at radius 3 is 2.86 bits per heavy atom. The first-order chi connectivity index (χ1) is 13.5. The van der Waals surface area contributed by atoms with Crippen LogP contribution >= 0.6 is 23.2 Å². The number of halogens is 2. The highest BCUT2D eigenvalue weighted by Crippen LogP contribution is 2.30. The van der Waals surface area contributed by atoms with Crippen molar-refractivity contribution in [2.75, 3.05) is 7.11 Å². The van der Waals surface area contributed by atoms with Crippen molar-refractivity contribution in [1.29, 1.82) is 0 Å². The molecule has 0 aliphatic carbocycles. The second-order valence-corrected chi connectivity index (χ2v) is 7.30. The fourth-order valence-corrected chi connectivity index (χ4v) is 3.64. The number of rotatable bonds is 3. The SMILES string of the molecule is C[C@@H]1Cn2c(nnc2-c2cc(O[11CH3])ccn2)CN1C(=O)c1cccc(Cl)c1Cl. The Morgan fingerprint density at radius 2 is 2.07 bits per heavy atom. The minimum Gasteiger partial charge on any atom is -0.497 e. The van der Waals surface area contributed by atoms with Crippen LogP contribution < -0.4 is 4.74 Å². The van der Waals surface area contributed by atoms with Gasteiger partial charge in [-0.2, -0.15) is 0 Å². The Balaban J connectivity index is 1.66. The Kier molecular flexibility index (Phi) is 4.95. The van der Waals surface area contributed by atoms with Crippen LogP contribution in [0.3, 0.4) is 0 Å². The van der Waals surface area contributed by atoms with Gasteiger partial charge >= 0.3 is 0 Å². The van der Waals surface area contributed by atoms with Gasteiger partial charge in [-0.3, -0.25) is 9.78 Å². The van der Waals surface area contributed by atoms with E-state index >= 15 is 0 Å². The molecule has 1 aliphatic rings. The molecule has 2 aromatic heterocycles. The lowest BCUT2D eigenvalue weighted by atomic mass is 10.1. The molecular weight excluding hydrogens is 400 g/mol. The normalized spacial score (nSPS) is 16.0. The number of aromatic nitrogens is 4. The third kappa shape index (κ3) is 3.21. The van der Waals surface area contributed by atoms with E-state index in [9.17, 15) is 4.79 Å². The van der Waals surface area contributed by atoms with Gasteiger partial charge in [0.1, 0.15) is 11.4 Å². The van der Waals surface area contributed by atoms with Gasteiger partial charge in [-0.05, 0) is 25.1 Å². The van der Waals surface area contributed by atoms with E-state index in [4.69, 9.17) is 27.9 Å². The lowest BCUT2D eigenvalue weighted by Crippen LogP contribution is -2.45. The zero-order chi connectivity index (χ0) is 19.8. The second-order valence-electron chi connectivity index (χ2n) is 6.51. The van der Waals surface area contributed by atoms with Crippen LogP contribution in [0.5, 0.6) is 5.75 Å². The highest BCUT2D eigenvalue weighted by Gasteiger charge is 2.32. The smallest absolute Gasteiger partial charge is 0.256 e. The standard InChI is InChI=1S/C19H17Cl2N5O2/c1-11-9-26-16(23-24-18(26)15-8-12(28-2)6-7-22-15)10-25(11)19(27)13-4-3-5-14(20)17(13)21/h3-8,11H,9-10H2,1-2H3/t11-/m1/s1/i2-1. The van der Waals surface area contributed by atoms with Crippen molar-refractivity contribution in [3.8, 4) is 17.3 Å². The Hall–Kier alpha value is -2.64. The van der Waals surface area contributed by atoms with Gasteiger partial charge in [0.2, 0.25) is 0 Å². The van der Waals surface area contributed by atoms with E-state index < -0.39 is 0 Å². The maximum atomic E-state index is 13.0. The maximum Gasteiger partial charge on any atom is 0.256 e. The van der Waals surface area contributed by atoms with Gasteiger partial charge in [0.05, 0.1) is 29.3 Å². The molecule has 0 saturated carbocycles. The minimum absolute atomic E-state index is 0.0876.